The Hall–Kier alpha value is -2.96. The second-order valence-electron chi connectivity index (χ2n) is 6.50. The molecule has 0 bridgehead atoms. The summed E-state index contributed by atoms with van der Waals surface area (Å²) in [5.41, 5.74) is 3.84. The van der Waals surface area contributed by atoms with E-state index < -0.39 is 0 Å². The lowest BCUT2D eigenvalue weighted by Crippen LogP contribution is -2.48. The van der Waals surface area contributed by atoms with Crippen molar-refractivity contribution in [3.05, 3.63) is 47.4 Å². The lowest BCUT2D eigenvalue weighted by atomic mass is 10.0. The van der Waals surface area contributed by atoms with Gasteiger partial charge in [-0.3, -0.25) is 9.59 Å². The first-order chi connectivity index (χ1) is 13.2. The zero-order valence-electron chi connectivity index (χ0n) is 15.8. The summed E-state index contributed by atoms with van der Waals surface area (Å²) in [6.45, 7) is 6.38. The molecule has 0 saturated carbocycles. The minimum atomic E-state index is -0.150. The number of anilines is 2. The van der Waals surface area contributed by atoms with E-state index in [0.29, 0.717) is 37.7 Å². The molecule has 2 amide bonds. The van der Waals surface area contributed by atoms with Gasteiger partial charge in [0.1, 0.15) is 11.5 Å². The average molecular weight is 367 g/mol. The minimum Gasteiger partial charge on any atom is -0.342 e. The van der Waals surface area contributed by atoms with Crippen LogP contribution >= 0.6 is 0 Å². The van der Waals surface area contributed by atoms with Crippen molar-refractivity contribution in [2.24, 2.45) is 0 Å². The molecule has 1 saturated heterocycles. The predicted octanol–water partition coefficient (Wildman–Crippen LogP) is 2.26. The highest BCUT2D eigenvalue weighted by Crippen LogP contribution is 2.25. The molecule has 27 heavy (non-hydrogen) atoms. The van der Waals surface area contributed by atoms with E-state index in [-0.39, 0.29) is 5.91 Å². The lowest BCUT2D eigenvalue weighted by Gasteiger charge is -2.32. The van der Waals surface area contributed by atoms with Gasteiger partial charge in [-0.1, -0.05) is 32.0 Å². The number of piperazine rings is 1. The van der Waals surface area contributed by atoms with Gasteiger partial charge in [0.25, 0.3) is 5.91 Å². The first-order valence-electron chi connectivity index (χ1n) is 9.34. The number of benzene rings is 1. The number of amides is 2. The number of para-hydroxylation sites is 1. The summed E-state index contributed by atoms with van der Waals surface area (Å²) in [5, 5.41) is 3.36. The van der Waals surface area contributed by atoms with Crippen LogP contribution in [0.3, 0.4) is 0 Å². The highest BCUT2D eigenvalue weighted by Gasteiger charge is 2.22. The molecule has 0 unspecified atom stereocenters. The molecular weight excluding hydrogens is 342 g/mol. The molecule has 7 nitrogen and oxygen atoms in total. The van der Waals surface area contributed by atoms with Crippen LogP contribution in [-0.2, 0) is 17.6 Å². The minimum absolute atomic E-state index is 0.150. The van der Waals surface area contributed by atoms with Crippen molar-refractivity contribution in [1.82, 2.24) is 19.8 Å². The van der Waals surface area contributed by atoms with E-state index in [9.17, 15) is 9.59 Å². The van der Waals surface area contributed by atoms with Crippen LogP contribution in [0.15, 0.2) is 30.6 Å². The number of nitrogens with one attached hydrogen (secondary N) is 1. The van der Waals surface area contributed by atoms with Gasteiger partial charge in [0.15, 0.2) is 0 Å². The van der Waals surface area contributed by atoms with E-state index in [1.54, 1.807) is 16.0 Å². The maximum Gasteiger partial charge on any atom is 0.274 e. The maximum absolute atomic E-state index is 12.6. The molecule has 3 rings (SSSR count). The topological polar surface area (TPSA) is 78.4 Å². The predicted molar refractivity (Wildman–Crippen MR) is 104 cm³/mol. The fourth-order valence-corrected chi connectivity index (χ4v) is 3.23. The van der Waals surface area contributed by atoms with Crippen molar-refractivity contribution in [3.63, 3.8) is 0 Å². The normalized spacial score (nSPS) is 14.1. The molecule has 0 radical (unpaired) electrons. The van der Waals surface area contributed by atoms with Crippen molar-refractivity contribution in [1.29, 1.82) is 0 Å². The fraction of sp³-hybridized carbons (Fsp3) is 0.400. The third-order valence-electron chi connectivity index (χ3n) is 4.87. The standard InChI is InChI=1S/C20H25N5O2/c1-3-15-6-5-7-16(4-2)19(15)23-18-13-21-17(12-22-18)20(27)25-10-8-24(14-26)9-11-25/h5-7,12-14H,3-4,8-11H2,1-2H3,(H,22,23). The zero-order valence-corrected chi connectivity index (χ0v) is 15.8. The molecular formula is C20H25N5O2. The molecule has 2 aromatic rings. The molecule has 1 aromatic heterocycles. The van der Waals surface area contributed by atoms with Gasteiger partial charge in [-0.05, 0) is 24.0 Å². The number of aromatic nitrogens is 2. The molecule has 1 N–H and O–H groups in total. The van der Waals surface area contributed by atoms with E-state index in [2.05, 4.69) is 47.3 Å². The molecule has 0 atom stereocenters. The lowest BCUT2D eigenvalue weighted by molar-refractivity contribution is -0.119. The SMILES string of the molecule is CCc1cccc(CC)c1Nc1cnc(C(=O)N2CCN(C=O)CC2)cn1. The molecule has 142 valence electrons. The van der Waals surface area contributed by atoms with Gasteiger partial charge in [-0.25, -0.2) is 9.97 Å². The number of nitrogens with zero attached hydrogens (tertiary/aromatic N) is 4. The third-order valence-corrected chi connectivity index (χ3v) is 4.87. The largest absolute Gasteiger partial charge is 0.342 e. The summed E-state index contributed by atoms with van der Waals surface area (Å²) in [4.78, 5) is 35.4. The van der Waals surface area contributed by atoms with Gasteiger partial charge < -0.3 is 15.1 Å². The van der Waals surface area contributed by atoms with Crippen LogP contribution in [0.1, 0.15) is 35.5 Å². The molecule has 1 aliphatic heterocycles. The van der Waals surface area contributed by atoms with Crippen molar-refractivity contribution in [2.45, 2.75) is 26.7 Å². The smallest absolute Gasteiger partial charge is 0.274 e. The Kier molecular flexibility index (Phi) is 6.01. The van der Waals surface area contributed by atoms with Crippen molar-refractivity contribution in [3.8, 4) is 0 Å². The summed E-state index contributed by atoms with van der Waals surface area (Å²) in [6.07, 6.45) is 5.78. The van der Waals surface area contributed by atoms with Gasteiger partial charge in [-0.15, -0.1) is 0 Å². The number of hydrogen-bond acceptors (Lipinski definition) is 5. The van der Waals surface area contributed by atoms with Crippen LogP contribution < -0.4 is 5.32 Å². The Labute approximate surface area is 159 Å². The van der Waals surface area contributed by atoms with Crippen molar-refractivity contribution >= 4 is 23.8 Å². The number of carbonyl (C=O) groups is 2. The van der Waals surface area contributed by atoms with Crippen molar-refractivity contribution < 1.29 is 9.59 Å². The van der Waals surface area contributed by atoms with Gasteiger partial charge in [0.05, 0.1) is 12.4 Å². The average Bonchev–Trinajstić information content (AvgIpc) is 2.74. The van der Waals surface area contributed by atoms with Crippen molar-refractivity contribution in [2.75, 3.05) is 31.5 Å². The number of hydrogen-bond donors (Lipinski definition) is 1. The Morgan fingerprint density at radius 3 is 2.26 bits per heavy atom. The molecule has 0 aliphatic carbocycles. The Bertz CT molecular complexity index is 776. The fourth-order valence-electron chi connectivity index (χ4n) is 3.23. The monoisotopic (exact) mass is 367 g/mol. The Balaban J connectivity index is 1.71. The molecule has 7 heteroatoms. The molecule has 1 fully saturated rings. The van der Waals surface area contributed by atoms with E-state index >= 15 is 0 Å². The van der Waals surface area contributed by atoms with Crippen LogP contribution in [0, 0.1) is 0 Å². The van der Waals surface area contributed by atoms with E-state index in [4.69, 9.17) is 0 Å². The van der Waals surface area contributed by atoms with Crippen LogP contribution in [0.2, 0.25) is 0 Å². The summed E-state index contributed by atoms with van der Waals surface area (Å²) in [7, 11) is 0. The summed E-state index contributed by atoms with van der Waals surface area (Å²) < 4.78 is 0. The van der Waals surface area contributed by atoms with Gasteiger partial charge >= 0.3 is 0 Å². The van der Waals surface area contributed by atoms with Crippen LogP contribution in [0.25, 0.3) is 0 Å². The second kappa shape index (κ2) is 8.62. The van der Waals surface area contributed by atoms with Gasteiger partial charge in [0, 0.05) is 31.9 Å². The molecule has 2 heterocycles. The van der Waals surface area contributed by atoms with E-state index in [0.717, 1.165) is 24.9 Å². The van der Waals surface area contributed by atoms with Gasteiger partial charge in [-0.2, -0.15) is 0 Å². The summed E-state index contributed by atoms with van der Waals surface area (Å²) in [6, 6.07) is 6.28. The second-order valence-corrected chi connectivity index (χ2v) is 6.50. The highest BCUT2D eigenvalue weighted by molar-refractivity contribution is 5.92. The first kappa shape index (κ1) is 18.8. The Morgan fingerprint density at radius 2 is 1.74 bits per heavy atom. The number of aryl methyl sites for hydroxylation is 2. The van der Waals surface area contributed by atoms with Crippen LogP contribution in [0.4, 0.5) is 11.5 Å². The zero-order chi connectivity index (χ0) is 19.2. The number of carbonyl (C=O) groups excluding carboxylic acids is 2. The highest BCUT2D eigenvalue weighted by atomic mass is 16.2. The van der Waals surface area contributed by atoms with Gasteiger partial charge in [0.2, 0.25) is 6.41 Å². The summed E-state index contributed by atoms with van der Waals surface area (Å²) >= 11 is 0. The first-order valence-corrected chi connectivity index (χ1v) is 9.34. The molecule has 0 spiro atoms. The van der Waals surface area contributed by atoms with E-state index in [1.807, 2.05) is 0 Å². The quantitative estimate of drug-likeness (QED) is 0.793. The Morgan fingerprint density at radius 1 is 1.07 bits per heavy atom. The third kappa shape index (κ3) is 4.24. The summed E-state index contributed by atoms with van der Waals surface area (Å²) in [5.74, 6) is 0.468. The maximum atomic E-state index is 12.6. The van der Waals surface area contributed by atoms with Crippen LogP contribution in [0.5, 0.6) is 0 Å². The molecule has 1 aromatic carbocycles. The number of rotatable bonds is 6. The molecule has 1 aliphatic rings. The van der Waals surface area contributed by atoms with E-state index in [1.165, 1.54) is 17.3 Å². The van der Waals surface area contributed by atoms with Crippen LogP contribution in [-0.4, -0.2) is 58.3 Å².